The molecule has 1 aliphatic heterocycles. The van der Waals surface area contributed by atoms with Crippen LogP contribution in [0.4, 0.5) is 5.95 Å². The van der Waals surface area contributed by atoms with Gasteiger partial charge in [-0.25, -0.2) is 14.6 Å². The molecule has 0 radical (unpaired) electrons. The molecule has 0 bridgehead atoms. The second kappa shape index (κ2) is 5.27. The Bertz CT molecular complexity index is 655. The molecular weight excluding hydrogens is 262 g/mol. The van der Waals surface area contributed by atoms with Crippen molar-refractivity contribution < 1.29 is 4.79 Å². The summed E-state index contributed by atoms with van der Waals surface area (Å²) in [5.74, 6) is 0.654. The number of rotatable bonds is 3. The van der Waals surface area contributed by atoms with E-state index in [2.05, 4.69) is 25.6 Å². The number of carbonyl (C=O) groups excluding carboxylic acids is 1. The summed E-state index contributed by atoms with van der Waals surface area (Å²) in [6.07, 6.45) is 5.19. The van der Waals surface area contributed by atoms with E-state index < -0.39 is 0 Å². The first-order valence-electron chi connectivity index (χ1n) is 6.56. The minimum atomic E-state index is -0.364. The SMILES string of the molecule is O=C(Cn1nc2n(c1=O)CCCCC2)Nc1ncn[nH]1. The summed E-state index contributed by atoms with van der Waals surface area (Å²) in [5.41, 5.74) is -0.227. The molecule has 0 aliphatic carbocycles. The Morgan fingerprint density at radius 1 is 1.40 bits per heavy atom. The first-order valence-corrected chi connectivity index (χ1v) is 6.56. The highest BCUT2D eigenvalue weighted by Gasteiger charge is 2.17. The number of H-pyrrole nitrogens is 1. The number of hydrogen-bond acceptors (Lipinski definition) is 5. The largest absolute Gasteiger partial charge is 0.346 e. The number of hydrogen-bond donors (Lipinski definition) is 2. The van der Waals surface area contributed by atoms with Gasteiger partial charge < -0.3 is 0 Å². The van der Waals surface area contributed by atoms with E-state index in [1.54, 1.807) is 4.57 Å². The van der Waals surface area contributed by atoms with Gasteiger partial charge >= 0.3 is 5.69 Å². The molecule has 3 rings (SSSR count). The van der Waals surface area contributed by atoms with Gasteiger partial charge in [0.05, 0.1) is 0 Å². The lowest BCUT2D eigenvalue weighted by Crippen LogP contribution is -2.30. The standard InChI is InChI=1S/C11H15N7O2/c19-9(14-10-12-7-13-15-10)6-18-11(20)17-5-3-1-2-4-8(17)16-18/h7H,1-6H2,(H2,12,13,14,15,19). The molecule has 0 saturated heterocycles. The molecular formula is C11H15N7O2. The maximum Gasteiger partial charge on any atom is 0.346 e. The van der Waals surface area contributed by atoms with Crippen molar-refractivity contribution >= 4 is 11.9 Å². The highest BCUT2D eigenvalue weighted by Crippen LogP contribution is 2.10. The third kappa shape index (κ3) is 2.46. The lowest BCUT2D eigenvalue weighted by molar-refractivity contribution is -0.117. The monoisotopic (exact) mass is 277 g/mol. The van der Waals surface area contributed by atoms with E-state index in [9.17, 15) is 9.59 Å². The van der Waals surface area contributed by atoms with Crippen molar-refractivity contribution in [2.75, 3.05) is 5.32 Å². The minimum Gasteiger partial charge on any atom is -0.293 e. The third-order valence-electron chi connectivity index (χ3n) is 3.25. The summed E-state index contributed by atoms with van der Waals surface area (Å²) < 4.78 is 2.86. The van der Waals surface area contributed by atoms with Gasteiger partial charge in [-0.05, 0) is 12.8 Å². The van der Waals surface area contributed by atoms with Crippen LogP contribution in [0.25, 0.3) is 0 Å². The lowest BCUT2D eigenvalue weighted by atomic mass is 10.2. The van der Waals surface area contributed by atoms with Gasteiger partial charge in [-0.1, -0.05) is 6.42 Å². The van der Waals surface area contributed by atoms with Crippen molar-refractivity contribution in [3.63, 3.8) is 0 Å². The second-order valence-corrected chi connectivity index (χ2v) is 4.70. The molecule has 1 aliphatic rings. The highest BCUT2D eigenvalue weighted by atomic mass is 16.2. The van der Waals surface area contributed by atoms with Crippen LogP contribution in [0.5, 0.6) is 0 Å². The molecule has 106 valence electrons. The van der Waals surface area contributed by atoms with Crippen LogP contribution in [0, 0.1) is 0 Å². The number of nitrogens with zero attached hydrogens (tertiary/aromatic N) is 5. The highest BCUT2D eigenvalue weighted by molar-refractivity contribution is 5.88. The molecule has 0 spiro atoms. The Hall–Kier alpha value is -2.45. The Morgan fingerprint density at radius 3 is 3.10 bits per heavy atom. The van der Waals surface area contributed by atoms with Crippen molar-refractivity contribution in [3.05, 3.63) is 22.6 Å². The average molecular weight is 277 g/mol. The van der Waals surface area contributed by atoms with Crippen molar-refractivity contribution in [2.45, 2.75) is 38.8 Å². The summed E-state index contributed by atoms with van der Waals surface area (Å²) in [4.78, 5) is 27.7. The van der Waals surface area contributed by atoms with Crippen molar-refractivity contribution in [1.29, 1.82) is 0 Å². The van der Waals surface area contributed by atoms with Crippen LogP contribution < -0.4 is 11.0 Å². The van der Waals surface area contributed by atoms with Gasteiger partial charge in [0.2, 0.25) is 11.9 Å². The van der Waals surface area contributed by atoms with Gasteiger partial charge in [-0.2, -0.15) is 15.2 Å². The Morgan fingerprint density at radius 2 is 2.30 bits per heavy atom. The summed E-state index contributed by atoms with van der Waals surface area (Å²) in [6.45, 7) is 0.553. The predicted molar refractivity (Wildman–Crippen MR) is 69.1 cm³/mol. The second-order valence-electron chi connectivity index (χ2n) is 4.70. The van der Waals surface area contributed by atoms with Crippen LogP contribution in [0.2, 0.25) is 0 Å². The molecule has 2 N–H and O–H groups in total. The molecule has 0 unspecified atom stereocenters. The van der Waals surface area contributed by atoms with Crippen molar-refractivity contribution in [1.82, 2.24) is 29.5 Å². The number of anilines is 1. The number of amides is 1. The zero-order chi connectivity index (χ0) is 13.9. The van der Waals surface area contributed by atoms with Gasteiger partial charge in [0.1, 0.15) is 18.7 Å². The summed E-state index contributed by atoms with van der Waals surface area (Å²) in [6, 6.07) is 0. The van der Waals surface area contributed by atoms with Gasteiger partial charge in [-0.15, -0.1) is 0 Å². The zero-order valence-electron chi connectivity index (χ0n) is 10.9. The average Bonchev–Trinajstić information content (AvgIpc) is 2.94. The van der Waals surface area contributed by atoms with Crippen LogP contribution in [-0.2, 0) is 24.3 Å². The van der Waals surface area contributed by atoms with Gasteiger partial charge in [-0.3, -0.25) is 14.7 Å². The van der Waals surface area contributed by atoms with Crippen LogP contribution in [0.3, 0.4) is 0 Å². The molecule has 20 heavy (non-hydrogen) atoms. The van der Waals surface area contributed by atoms with Crippen LogP contribution >= 0.6 is 0 Å². The minimum absolute atomic E-state index is 0.125. The van der Waals surface area contributed by atoms with E-state index >= 15 is 0 Å². The van der Waals surface area contributed by atoms with E-state index in [1.165, 1.54) is 11.0 Å². The lowest BCUT2D eigenvalue weighted by Gasteiger charge is -2.00. The fraction of sp³-hybridized carbons (Fsp3) is 0.545. The maximum absolute atomic E-state index is 12.2. The smallest absolute Gasteiger partial charge is 0.293 e. The fourth-order valence-corrected chi connectivity index (χ4v) is 2.30. The third-order valence-corrected chi connectivity index (χ3v) is 3.25. The molecule has 2 aromatic heterocycles. The number of nitrogens with one attached hydrogen (secondary N) is 2. The van der Waals surface area contributed by atoms with E-state index in [4.69, 9.17) is 0 Å². The molecule has 1 amide bonds. The van der Waals surface area contributed by atoms with E-state index in [0.29, 0.717) is 6.54 Å². The van der Waals surface area contributed by atoms with Crippen LogP contribution in [0.1, 0.15) is 25.1 Å². The first kappa shape index (κ1) is 12.6. The molecule has 0 saturated carbocycles. The summed E-state index contributed by atoms with van der Waals surface area (Å²) >= 11 is 0. The molecule has 3 heterocycles. The summed E-state index contributed by atoms with van der Waals surface area (Å²) in [7, 11) is 0. The van der Waals surface area contributed by atoms with E-state index in [-0.39, 0.29) is 24.1 Å². The first-order chi connectivity index (χ1) is 9.74. The van der Waals surface area contributed by atoms with Crippen molar-refractivity contribution in [2.24, 2.45) is 0 Å². The van der Waals surface area contributed by atoms with Gasteiger partial charge in [0.15, 0.2) is 0 Å². The molecule has 9 heteroatoms. The fourth-order valence-electron chi connectivity index (χ4n) is 2.30. The normalized spacial score (nSPS) is 14.6. The number of aromatic amines is 1. The van der Waals surface area contributed by atoms with Crippen LogP contribution in [-0.4, -0.2) is 35.4 Å². The van der Waals surface area contributed by atoms with Crippen LogP contribution in [0.15, 0.2) is 11.1 Å². The number of aryl methyl sites for hydroxylation is 1. The Balaban J connectivity index is 1.74. The van der Waals surface area contributed by atoms with Gasteiger partial charge in [0.25, 0.3) is 0 Å². The molecule has 9 nitrogen and oxygen atoms in total. The maximum atomic E-state index is 12.2. The van der Waals surface area contributed by atoms with E-state index in [0.717, 1.165) is 31.5 Å². The quantitative estimate of drug-likeness (QED) is 0.787. The zero-order valence-corrected chi connectivity index (χ0v) is 10.9. The van der Waals surface area contributed by atoms with E-state index in [1.807, 2.05) is 0 Å². The Labute approximate surface area is 114 Å². The summed E-state index contributed by atoms with van der Waals surface area (Å²) in [5, 5.41) is 12.9. The molecule has 0 fully saturated rings. The Kier molecular flexibility index (Phi) is 3.32. The molecule has 2 aromatic rings. The topological polar surface area (TPSA) is 110 Å². The number of fused-ring (bicyclic) bond motifs is 1. The number of aromatic nitrogens is 6. The number of carbonyl (C=O) groups is 1. The molecule has 0 atom stereocenters. The van der Waals surface area contributed by atoms with Gasteiger partial charge in [0, 0.05) is 13.0 Å². The predicted octanol–water partition coefficient (Wildman–Crippen LogP) is -0.472. The molecule has 0 aromatic carbocycles. The van der Waals surface area contributed by atoms with Crippen molar-refractivity contribution in [3.8, 4) is 0 Å².